The number of nitrogens with zero attached hydrogens (tertiary/aromatic N) is 2. The predicted octanol–water partition coefficient (Wildman–Crippen LogP) is 1.37. The van der Waals surface area contributed by atoms with Gasteiger partial charge in [0.15, 0.2) is 0 Å². The Kier molecular flexibility index (Phi) is 4.65. The lowest BCUT2D eigenvalue weighted by atomic mass is 10.00. The van der Waals surface area contributed by atoms with Crippen molar-refractivity contribution in [2.24, 2.45) is 0 Å². The molecule has 5 nitrogen and oxygen atoms in total. The molecule has 4 rings (SSSR count). The molecule has 3 heterocycles. The number of hydrogen-bond acceptors (Lipinski definition) is 4. The van der Waals surface area contributed by atoms with Crippen LogP contribution in [0.4, 0.5) is 0 Å². The van der Waals surface area contributed by atoms with Crippen molar-refractivity contribution in [3.63, 3.8) is 0 Å². The summed E-state index contributed by atoms with van der Waals surface area (Å²) in [6, 6.07) is 8.45. The molecule has 0 aliphatic carbocycles. The second-order valence-electron chi connectivity index (χ2n) is 6.72. The third kappa shape index (κ3) is 3.11. The molecule has 0 saturated carbocycles. The zero-order chi connectivity index (χ0) is 16.4. The summed E-state index contributed by atoms with van der Waals surface area (Å²) in [6.07, 6.45) is 2.13. The van der Waals surface area contributed by atoms with Crippen LogP contribution >= 0.6 is 0 Å². The van der Waals surface area contributed by atoms with Gasteiger partial charge >= 0.3 is 0 Å². The van der Waals surface area contributed by atoms with E-state index in [0.717, 1.165) is 69.9 Å². The summed E-state index contributed by atoms with van der Waals surface area (Å²) in [6.45, 7) is 7.07. The Morgan fingerprint density at radius 1 is 1.17 bits per heavy atom. The molecule has 1 fully saturated rings. The Balaban J connectivity index is 1.46. The summed E-state index contributed by atoms with van der Waals surface area (Å²) in [4.78, 5) is 15.2. The van der Waals surface area contributed by atoms with Crippen molar-refractivity contribution in [2.75, 3.05) is 39.4 Å². The van der Waals surface area contributed by atoms with E-state index >= 15 is 0 Å². The number of nitrogens with one attached hydrogen (secondary N) is 1. The van der Waals surface area contributed by atoms with Gasteiger partial charge in [0.2, 0.25) is 0 Å². The zero-order valence-electron chi connectivity index (χ0n) is 14.1. The molecule has 128 valence electrons. The van der Waals surface area contributed by atoms with Crippen molar-refractivity contribution in [1.82, 2.24) is 14.8 Å². The molecule has 0 radical (unpaired) electrons. The van der Waals surface area contributed by atoms with Gasteiger partial charge in [-0.2, -0.15) is 0 Å². The summed E-state index contributed by atoms with van der Waals surface area (Å²) in [5.74, 6) is 0. The molecule has 5 heteroatoms. The number of morpholine rings is 1. The van der Waals surface area contributed by atoms with Crippen molar-refractivity contribution in [3.8, 4) is 0 Å². The third-order valence-corrected chi connectivity index (χ3v) is 5.12. The first-order chi connectivity index (χ1) is 11.8. The molecule has 1 saturated heterocycles. The number of pyridine rings is 1. The van der Waals surface area contributed by atoms with Crippen LogP contribution in [0.5, 0.6) is 0 Å². The van der Waals surface area contributed by atoms with Crippen LogP contribution in [0.3, 0.4) is 0 Å². The first-order valence-corrected chi connectivity index (χ1v) is 8.98. The molecule has 1 N–H and O–H groups in total. The van der Waals surface area contributed by atoms with E-state index in [2.05, 4.69) is 34.5 Å². The van der Waals surface area contributed by atoms with E-state index in [4.69, 9.17) is 4.74 Å². The molecule has 2 aliphatic heterocycles. The monoisotopic (exact) mass is 327 g/mol. The summed E-state index contributed by atoms with van der Waals surface area (Å²) in [7, 11) is 0. The Bertz CT molecular complexity index is 778. The Labute approximate surface area is 142 Å². The quantitative estimate of drug-likeness (QED) is 0.843. The minimum atomic E-state index is 0.175. The number of ether oxygens (including phenoxy) is 1. The van der Waals surface area contributed by atoms with Gasteiger partial charge in [0, 0.05) is 44.8 Å². The molecular weight excluding hydrogens is 302 g/mol. The molecule has 0 bridgehead atoms. The van der Waals surface area contributed by atoms with Gasteiger partial charge in [-0.05, 0) is 29.9 Å². The van der Waals surface area contributed by atoms with Crippen LogP contribution in [-0.2, 0) is 24.2 Å². The maximum Gasteiger partial charge on any atom is 0.255 e. The van der Waals surface area contributed by atoms with Crippen molar-refractivity contribution < 1.29 is 4.74 Å². The molecular formula is C19H25N3O2. The van der Waals surface area contributed by atoms with Gasteiger partial charge in [-0.1, -0.05) is 18.2 Å². The maximum absolute atomic E-state index is 12.8. The van der Waals surface area contributed by atoms with Crippen molar-refractivity contribution >= 4 is 10.9 Å². The number of aromatic nitrogens is 1. The predicted molar refractivity (Wildman–Crippen MR) is 95.5 cm³/mol. The minimum Gasteiger partial charge on any atom is -0.379 e. The third-order valence-electron chi connectivity index (χ3n) is 5.12. The number of aryl methyl sites for hydroxylation is 2. The van der Waals surface area contributed by atoms with E-state index in [1.807, 2.05) is 4.57 Å². The van der Waals surface area contributed by atoms with Gasteiger partial charge < -0.3 is 14.6 Å². The van der Waals surface area contributed by atoms with Crippen LogP contribution in [0.2, 0.25) is 0 Å². The molecule has 1 aromatic heterocycles. The molecule has 0 spiro atoms. The number of para-hydroxylation sites is 1. The fraction of sp³-hybridized carbons (Fsp3) is 0.526. The molecule has 0 amide bonds. The highest BCUT2D eigenvalue weighted by molar-refractivity contribution is 5.83. The first-order valence-electron chi connectivity index (χ1n) is 8.98. The van der Waals surface area contributed by atoms with Crippen LogP contribution in [0.1, 0.15) is 17.5 Å². The van der Waals surface area contributed by atoms with Crippen molar-refractivity contribution in [3.05, 3.63) is 45.7 Å². The molecule has 2 aromatic rings. The fourth-order valence-electron chi connectivity index (χ4n) is 3.84. The zero-order valence-corrected chi connectivity index (χ0v) is 14.1. The van der Waals surface area contributed by atoms with E-state index in [0.29, 0.717) is 6.54 Å². The lowest BCUT2D eigenvalue weighted by Gasteiger charge is -2.26. The highest BCUT2D eigenvalue weighted by Crippen LogP contribution is 2.23. The smallest absolute Gasteiger partial charge is 0.255 e. The lowest BCUT2D eigenvalue weighted by molar-refractivity contribution is 0.0384. The average molecular weight is 327 g/mol. The van der Waals surface area contributed by atoms with E-state index in [9.17, 15) is 4.79 Å². The molecule has 2 aliphatic rings. The van der Waals surface area contributed by atoms with Crippen LogP contribution in [-0.4, -0.2) is 48.9 Å². The van der Waals surface area contributed by atoms with E-state index in [-0.39, 0.29) is 5.56 Å². The minimum absolute atomic E-state index is 0.175. The largest absolute Gasteiger partial charge is 0.379 e. The van der Waals surface area contributed by atoms with Gasteiger partial charge in [-0.15, -0.1) is 0 Å². The van der Waals surface area contributed by atoms with Crippen LogP contribution in [0.25, 0.3) is 10.9 Å². The van der Waals surface area contributed by atoms with Gasteiger partial charge in [0.25, 0.3) is 5.56 Å². The average Bonchev–Trinajstić information content (AvgIpc) is 2.63. The highest BCUT2D eigenvalue weighted by atomic mass is 16.5. The summed E-state index contributed by atoms with van der Waals surface area (Å²) < 4.78 is 7.35. The van der Waals surface area contributed by atoms with Gasteiger partial charge in [-0.25, -0.2) is 0 Å². The Morgan fingerprint density at radius 2 is 2.04 bits per heavy atom. The lowest BCUT2D eigenvalue weighted by Crippen LogP contribution is -2.40. The topological polar surface area (TPSA) is 46.5 Å². The fourth-order valence-corrected chi connectivity index (χ4v) is 3.84. The number of rotatable bonds is 5. The second-order valence-corrected chi connectivity index (χ2v) is 6.72. The van der Waals surface area contributed by atoms with Crippen molar-refractivity contribution in [2.45, 2.75) is 25.9 Å². The number of benzene rings is 1. The SMILES string of the molecule is O=c1c(CNCCN2CCOCC2)cc2cccc3c2n1CCC3. The van der Waals surface area contributed by atoms with E-state index in [1.165, 1.54) is 10.9 Å². The van der Waals surface area contributed by atoms with Gasteiger partial charge in [0.1, 0.15) is 0 Å². The maximum atomic E-state index is 12.8. The summed E-state index contributed by atoms with van der Waals surface area (Å²) in [5.41, 5.74) is 3.51. The molecule has 1 aromatic carbocycles. The van der Waals surface area contributed by atoms with Crippen LogP contribution < -0.4 is 10.9 Å². The van der Waals surface area contributed by atoms with E-state index < -0.39 is 0 Å². The first kappa shape index (κ1) is 15.8. The standard InChI is InChI=1S/C19H25N3O2/c23-19-17(14-20-6-8-21-9-11-24-12-10-21)13-16-4-1-3-15-5-2-7-22(19)18(15)16/h1,3-4,13,20H,2,5-12,14H2. The summed E-state index contributed by atoms with van der Waals surface area (Å²) >= 11 is 0. The van der Waals surface area contributed by atoms with Crippen LogP contribution in [0.15, 0.2) is 29.1 Å². The second kappa shape index (κ2) is 7.05. The molecule has 0 unspecified atom stereocenters. The highest BCUT2D eigenvalue weighted by Gasteiger charge is 2.16. The van der Waals surface area contributed by atoms with Gasteiger partial charge in [0.05, 0.1) is 18.7 Å². The van der Waals surface area contributed by atoms with E-state index in [1.54, 1.807) is 0 Å². The molecule has 24 heavy (non-hydrogen) atoms. The Morgan fingerprint density at radius 3 is 2.92 bits per heavy atom. The van der Waals surface area contributed by atoms with Crippen molar-refractivity contribution in [1.29, 1.82) is 0 Å². The molecule has 0 atom stereocenters. The normalized spacial score (nSPS) is 18.2. The van der Waals surface area contributed by atoms with Crippen LogP contribution in [0, 0.1) is 0 Å². The number of hydrogen-bond donors (Lipinski definition) is 1. The Hall–Kier alpha value is -1.69. The van der Waals surface area contributed by atoms with Gasteiger partial charge in [-0.3, -0.25) is 9.69 Å². The summed E-state index contributed by atoms with van der Waals surface area (Å²) in [5, 5.41) is 4.63.